The van der Waals surface area contributed by atoms with Crippen molar-refractivity contribution in [3.63, 3.8) is 0 Å². The van der Waals surface area contributed by atoms with Gasteiger partial charge in [0.05, 0.1) is 0 Å². The zero-order valence-corrected chi connectivity index (χ0v) is 11.1. The molecule has 3 nitrogen and oxygen atoms in total. The highest BCUT2D eigenvalue weighted by atomic mass is 16.6. The maximum atomic E-state index is 11.5. The molecule has 0 spiro atoms. The Bertz CT molecular complexity index is 439. The fourth-order valence-electron chi connectivity index (χ4n) is 4.25. The number of carbonyl (C=O) groups is 2. The molecule has 1 aliphatic heterocycles. The molecule has 0 unspecified atom stereocenters. The molecule has 1 saturated heterocycles. The monoisotopic (exact) mass is 248 g/mol. The lowest BCUT2D eigenvalue weighted by Crippen LogP contribution is -2.26. The van der Waals surface area contributed by atoms with Gasteiger partial charge in [-0.2, -0.15) is 0 Å². The fourth-order valence-corrected chi connectivity index (χ4v) is 4.25. The number of fused-ring (bicyclic) bond motifs is 2. The molecule has 0 aromatic carbocycles. The normalized spacial score (nSPS) is 45.2. The van der Waals surface area contributed by atoms with E-state index >= 15 is 0 Å². The van der Waals surface area contributed by atoms with E-state index in [4.69, 9.17) is 4.74 Å². The van der Waals surface area contributed by atoms with Crippen LogP contribution in [0.25, 0.3) is 0 Å². The number of Topliss-reactive ketones (excluding diaryl/α,β-unsaturated/α-hetero) is 1. The Hall–Kier alpha value is -1.12. The minimum absolute atomic E-state index is 0.0496. The first-order valence-electron chi connectivity index (χ1n) is 6.82. The van der Waals surface area contributed by atoms with Crippen molar-refractivity contribution < 1.29 is 14.3 Å². The molecule has 0 radical (unpaired) electrons. The third-order valence-electron chi connectivity index (χ3n) is 5.44. The SMILES string of the molecule is C=C1C(=O)O[C@@H]2C[C@]3(C)[C@H](CCC(C)=O)[C@@H]3C[C@@H]12. The molecule has 2 aliphatic carbocycles. The molecule has 3 heteroatoms. The number of hydrogen-bond donors (Lipinski definition) is 0. The summed E-state index contributed by atoms with van der Waals surface area (Å²) in [5, 5.41) is 0. The van der Waals surface area contributed by atoms with E-state index in [1.54, 1.807) is 6.92 Å². The summed E-state index contributed by atoms with van der Waals surface area (Å²) < 4.78 is 5.41. The molecule has 5 atom stereocenters. The number of ketones is 1. The summed E-state index contributed by atoms with van der Waals surface area (Å²) in [6.45, 7) is 7.81. The van der Waals surface area contributed by atoms with Crippen molar-refractivity contribution in [3.8, 4) is 0 Å². The van der Waals surface area contributed by atoms with Crippen LogP contribution >= 0.6 is 0 Å². The van der Waals surface area contributed by atoms with Gasteiger partial charge in [-0.1, -0.05) is 13.5 Å². The van der Waals surface area contributed by atoms with Crippen LogP contribution in [-0.2, 0) is 14.3 Å². The predicted molar refractivity (Wildman–Crippen MR) is 66.7 cm³/mol. The van der Waals surface area contributed by atoms with Gasteiger partial charge < -0.3 is 9.53 Å². The van der Waals surface area contributed by atoms with Crippen molar-refractivity contribution in [1.82, 2.24) is 0 Å². The average molecular weight is 248 g/mol. The molecule has 18 heavy (non-hydrogen) atoms. The highest BCUT2D eigenvalue weighted by Gasteiger charge is 2.66. The summed E-state index contributed by atoms with van der Waals surface area (Å²) in [7, 11) is 0. The van der Waals surface area contributed by atoms with E-state index in [1.807, 2.05) is 0 Å². The number of rotatable bonds is 3. The summed E-state index contributed by atoms with van der Waals surface area (Å²) in [6.07, 6.45) is 3.71. The number of ether oxygens (including phenoxy) is 1. The number of esters is 1. The van der Waals surface area contributed by atoms with Crippen molar-refractivity contribution in [2.75, 3.05) is 0 Å². The van der Waals surface area contributed by atoms with Crippen LogP contribution in [0.1, 0.15) is 39.5 Å². The van der Waals surface area contributed by atoms with Crippen molar-refractivity contribution in [3.05, 3.63) is 12.2 Å². The Balaban J connectivity index is 1.69. The van der Waals surface area contributed by atoms with Gasteiger partial charge in [-0.15, -0.1) is 0 Å². The Morgan fingerprint density at radius 2 is 2.28 bits per heavy atom. The van der Waals surface area contributed by atoms with Crippen LogP contribution in [0, 0.1) is 23.2 Å². The lowest BCUT2D eigenvalue weighted by Gasteiger charge is -2.27. The minimum Gasteiger partial charge on any atom is -0.458 e. The predicted octanol–water partition coefficient (Wildman–Crippen LogP) is 2.50. The van der Waals surface area contributed by atoms with Gasteiger partial charge in [0.2, 0.25) is 0 Å². The van der Waals surface area contributed by atoms with Crippen LogP contribution in [0.3, 0.4) is 0 Å². The molecule has 0 bridgehead atoms. The summed E-state index contributed by atoms with van der Waals surface area (Å²) in [5.41, 5.74) is 0.959. The van der Waals surface area contributed by atoms with Crippen molar-refractivity contribution in [2.24, 2.45) is 23.2 Å². The molecule has 0 aromatic rings. The smallest absolute Gasteiger partial charge is 0.334 e. The zero-order valence-electron chi connectivity index (χ0n) is 11.1. The third kappa shape index (κ3) is 1.56. The zero-order chi connectivity index (χ0) is 13.1. The van der Waals surface area contributed by atoms with Gasteiger partial charge in [0.1, 0.15) is 11.9 Å². The minimum atomic E-state index is -0.199. The standard InChI is InChI=1S/C15H20O3/c1-8(16)4-5-11-12-6-10-9(2)14(17)18-13(10)7-15(11,12)3/h10-13H,2,4-7H2,1,3H3/t10-,11+,12-,13+,15+/m0/s1. The molecule has 0 aromatic heterocycles. The number of carbonyl (C=O) groups excluding carboxylic acids is 2. The largest absolute Gasteiger partial charge is 0.458 e. The van der Waals surface area contributed by atoms with Gasteiger partial charge in [-0.25, -0.2) is 4.79 Å². The highest BCUT2D eigenvalue weighted by molar-refractivity contribution is 5.90. The first-order valence-corrected chi connectivity index (χ1v) is 6.82. The lowest BCUT2D eigenvalue weighted by molar-refractivity contribution is -0.140. The van der Waals surface area contributed by atoms with Crippen molar-refractivity contribution in [2.45, 2.75) is 45.6 Å². The molecule has 3 rings (SSSR count). The lowest BCUT2D eigenvalue weighted by atomic mass is 9.79. The van der Waals surface area contributed by atoms with Gasteiger partial charge in [-0.3, -0.25) is 0 Å². The maximum absolute atomic E-state index is 11.5. The van der Waals surface area contributed by atoms with Crippen molar-refractivity contribution >= 4 is 11.8 Å². The van der Waals surface area contributed by atoms with Gasteiger partial charge >= 0.3 is 5.97 Å². The second kappa shape index (κ2) is 3.69. The molecule has 2 saturated carbocycles. The summed E-state index contributed by atoms with van der Waals surface area (Å²) in [4.78, 5) is 22.6. The molecular formula is C15H20O3. The Morgan fingerprint density at radius 1 is 1.56 bits per heavy atom. The Kier molecular flexibility index (Phi) is 2.45. The third-order valence-corrected chi connectivity index (χ3v) is 5.44. The summed E-state index contributed by atoms with van der Waals surface area (Å²) in [5.74, 6) is 1.61. The molecule has 98 valence electrons. The van der Waals surface area contributed by atoms with Crippen LogP contribution in [0.2, 0.25) is 0 Å². The van der Waals surface area contributed by atoms with E-state index in [9.17, 15) is 9.59 Å². The molecule has 0 amide bonds. The van der Waals surface area contributed by atoms with Crippen LogP contribution in [0.5, 0.6) is 0 Å². The van der Waals surface area contributed by atoms with Crippen LogP contribution < -0.4 is 0 Å². The topological polar surface area (TPSA) is 43.4 Å². The highest BCUT2D eigenvalue weighted by Crippen LogP contribution is 2.70. The molecule has 3 fully saturated rings. The van der Waals surface area contributed by atoms with E-state index in [-0.39, 0.29) is 23.8 Å². The van der Waals surface area contributed by atoms with Gasteiger partial charge in [0.15, 0.2) is 0 Å². The number of hydrogen-bond acceptors (Lipinski definition) is 3. The van der Waals surface area contributed by atoms with Crippen LogP contribution in [-0.4, -0.2) is 17.9 Å². The maximum Gasteiger partial charge on any atom is 0.334 e. The summed E-state index contributed by atoms with van der Waals surface area (Å²) in [6, 6.07) is 0. The molecular weight excluding hydrogens is 228 g/mol. The van der Waals surface area contributed by atoms with E-state index in [2.05, 4.69) is 13.5 Å². The second-order valence-electron chi connectivity index (χ2n) is 6.47. The van der Waals surface area contributed by atoms with Crippen LogP contribution in [0.4, 0.5) is 0 Å². The van der Waals surface area contributed by atoms with E-state index in [1.165, 1.54) is 0 Å². The second-order valence-corrected chi connectivity index (χ2v) is 6.47. The van der Waals surface area contributed by atoms with E-state index in [0.29, 0.717) is 29.2 Å². The first kappa shape index (κ1) is 11.9. The first-order chi connectivity index (χ1) is 8.43. The van der Waals surface area contributed by atoms with E-state index < -0.39 is 0 Å². The van der Waals surface area contributed by atoms with Crippen LogP contribution in [0.15, 0.2) is 12.2 Å². The molecule has 0 N–H and O–H groups in total. The van der Waals surface area contributed by atoms with E-state index in [0.717, 1.165) is 19.3 Å². The van der Waals surface area contributed by atoms with Gasteiger partial charge in [-0.05, 0) is 43.4 Å². The fraction of sp³-hybridized carbons (Fsp3) is 0.733. The van der Waals surface area contributed by atoms with Gasteiger partial charge in [0, 0.05) is 17.9 Å². The average Bonchev–Trinajstić information content (AvgIpc) is 2.77. The summed E-state index contributed by atoms with van der Waals surface area (Å²) >= 11 is 0. The quantitative estimate of drug-likeness (QED) is 0.569. The molecule has 3 aliphatic rings. The van der Waals surface area contributed by atoms with Crippen molar-refractivity contribution in [1.29, 1.82) is 0 Å². The molecule has 1 heterocycles. The van der Waals surface area contributed by atoms with Gasteiger partial charge in [0.25, 0.3) is 0 Å². The Morgan fingerprint density at radius 3 is 2.94 bits per heavy atom. The Labute approximate surface area is 108 Å².